The number of ether oxygens (including phenoxy) is 1. The van der Waals surface area contributed by atoms with Crippen molar-refractivity contribution in [3.05, 3.63) is 69.7 Å². The summed E-state index contributed by atoms with van der Waals surface area (Å²) < 4.78 is 11.2. The zero-order valence-electron chi connectivity index (χ0n) is 16.1. The number of hydrogen-bond acceptors (Lipinski definition) is 4. The monoisotopic (exact) mass is 349 g/mol. The van der Waals surface area contributed by atoms with Crippen molar-refractivity contribution in [1.29, 1.82) is 0 Å². The van der Waals surface area contributed by atoms with Crippen LogP contribution in [-0.4, -0.2) is 11.9 Å². The van der Waals surface area contributed by atoms with Crippen molar-refractivity contribution in [1.82, 2.24) is 0 Å². The summed E-state index contributed by atoms with van der Waals surface area (Å²) >= 11 is 0. The fourth-order valence-electron chi connectivity index (χ4n) is 3.22. The minimum atomic E-state index is -0.357. The highest BCUT2D eigenvalue weighted by Gasteiger charge is 2.35. The van der Waals surface area contributed by atoms with Crippen molar-refractivity contribution in [3.63, 3.8) is 0 Å². The highest BCUT2D eigenvalue weighted by molar-refractivity contribution is 6.24. The minimum absolute atomic E-state index is 0.344. The molecule has 3 rings (SSSR count). The maximum Gasteiger partial charge on any atom is 0.345 e. The second-order valence-electron chi connectivity index (χ2n) is 6.79. The zero-order chi connectivity index (χ0) is 19.0. The Labute approximate surface area is 153 Å². The highest BCUT2D eigenvalue weighted by Crippen LogP contribution is 2.36. The van der Waals surface area contributed by atoms with Gasteiger partial charge in [0.25, 0.3) is 0 Å². The third-order valence-electron chi connectivity index (χ3n) is 4.51. The molecule has 0 bridgehead atoms. The van der Waals surface area contributed by atoms with Gasteiger partial charge in [0.2, 0.25) is 5.90 Å². The number of aryl methyl sites for hydroxylation is 3. The Morgan fingerprint density at radius 3 is 2.27 bits per heavy atom. The van der Waals surface area contributed by atoms with Gasteiger partial charge in [-0.2, -0.15) is 0 Å². The number of furan rings is 1. The Hall–Kier alpha value is -2.88. The van der Waals surface area contributed by atoms with E-state index in [-0.39, 0.29) is 5.97 Å². The van der Waals surface area contributed by atoms with E-state index >= 15 is 0 Å². The molecule has 4 nitrogen and oxygen atoms in total. The number of rotatable bonds is 2. The fraction of sp³-hybridized carbons (Fsp3) is 0.273. The molecular formula is C22H23NO3. The van der Waals surface area contributed by atoms with E-state index < -0.39 is 0 Å². The van der Waals surface area contributed by atoms with E-state index in [9.17, 15) is 4.79 Å². The topological polar surface area (TPSA) is 51.8 Å². The van der Waals surface area contributed by atoms with Crippen LogP contribution >= 0.6 is 0 Å². The predicted molar refractivity (Wildman–Crippen MR) is 104 cm³/mol. The third-order valence-corrected chi connectivity index (χ3v) is 4.51. The quantitative estimate of drug-likeness (QED) is 0.523. The van der Waals surface area contributed by atoms with Gasteiger partial charge in [-0.3, -0.25) is 0 Å². The van der Waals surface area contributed by atoms with Gasteiger partial charge < -0.3 is 9.15 Å². The first-order chi connectivity index (χ1) is 12.3. The molecule has 1 aromatic heterocycles. The molecule has 2 aromatic rings. The van der Waals surface area contributed by atoms with Crippen LogP contribution in [0.25, 0.3) is 5.57 Å². The molecule has 0 atom stereocenters. The zero-order valence-corrected chi connectivity index (χ0v) is 16.1. The van der Waals surface area contributed by atoms with Gasteiger partial charge in [0, 0.05) is 5.56 Å². The molecular weight excluding hydrogens is 326 g/mol. The van der Waals surface area contributed by atoms with Crippen LogP contribution in [-0.2, 0) is 9.53 Å². The summed E-state index contributed by atoms with van der Waals surface area (Å²) in [6.45, 7) is 11.6. The van der Waals surface area contributed by atoms with Crippen molar-refractivity contribution >= 4 is 23.1 Å². The van der Waals surface area contributed by atoms with Gasteiger partial charge in [0.1, 0.15) is 11.5 Å². The van der Waals surface area contributed by atoms with E-state index in [4.69, 9.17) is 9.15 Å². The molecule has 1 aliphatic rings. The Morgan fingerprint density at radius 2 is 1.69 bits per heavy atom. The van der Waals surface area contributed by atoms with Crippen LogP contribution in [0.4, 0.5) is 5.69 Å². The third kappa shape index (κ3) is 3.15. The summed E-state index contributed by atoms with van der Waals surface area (Å²) in [5.41, 5.74) is 5.91. The summed E-state index contributed by atoms with van der Waals surface area (Å²) in [5, 5.41) is 0. The Balaban J connectivity index is 2.27. The number of para-hydroxylation sites is 1. The molecule has 0 aliphatic carbocycles. The lowest BCUT2D eigenvalue weighted by molar-refractivity contribution is -0.129. The van der Waals surface area contributed by atoms with E-state index in [2.05, 4.69) is 4.99 Å². The van der Waals surface area contributed by atoms with Crippen molar-refractivity contribution in [2.75, 3.05) is 0 Å². The average Bonchev–Trinajstić information content (AvgIpc) is 3.07. The molecule has 1 fully saturated rings. The Kier molecular flexibility index (Phi) is 4.68. The number of nitrogens with zero attached hydrogens (tertiary/aromatic N) is 1. The normalized spacial score (nSPS) is 17.7. The lowest BCUT2D eigenvalue weighted by Gasteiger charge is -2.07. The molecule has 0 N–H and O–H groups in total. The molecule has 0 amide bonds. The van der Waals surface area contributed by atoms with Gasteiger partial charge in [0.05, 0.1) is 16.8 Å². The van der Waals surface area contributed by atoms with E-state index in [1.165, 1.54) is 0 Å². The maximum atomic E-state index is 12.5. The van der Waals surface area contributed by atoms with Crippen LogP contribution in [0.5, 0.6) is 0 Å². The Morgan fingerprint density at radius 1 is 1.00 bits per heavy atom. The first-order valence-corrected chi connectivity index (χ1v) is 8.62. The number of hydrogen-bond donors (Lipinski definition) is 0. The second-order valence-corrected chi connectivity index (χ2v) is 6.79. The van der Waals surface area contributed by atoms with Gasteiger partial charge in [-0.05, 0) is 64.8 Å². The minimum Gasteiger partial charge on any atom is -0.466 e. The summed E-state index contributed by atoms with van der Waals surface area (Å²) in [4.78, 5) is 17.2. The lowest BCUT2D eigenvalue weighted by atomic mass is 9.94. The highest BCUT2D eigenvalue weighted by atomic mass is 16.5. The molecule has 0 spiro atoms. The Bertz CT molecular complexity index is 983. The molecule has 4 heteroatoms. The molecule has 1 saturated heterocycles. The number of carbonyl (C=O) groups excluding carboxylic acids is 1. The number of allylic oxidation sites excluding steroid dienone is 2. The molecule has 2 heterocycles. The molecule has 1 aliphatic heterocycles. The van der Waals surface area contributed by atoms with Crippen molar-refractivity contribution < 1.29 is 13.9 Å². The van der Waals surface area contributed by atoms with Gasteiger partial charge in [-0.1, -0.05) is 23.8 Å². The smallest absolute Gasteiger partial charge is 0.345 e. The van der Waals surface area contributed by atoms with Gasteiger partial charge in [0.15, 0.2) is 0 Å². The van der Waals surface area contributed by atoms with E-state index in [1.807, 2.05) is 71.9 Å². The second kappa shape index (κ2) is 6.79. The van der Waals surface area contributed by atoms with E-state index in [0.29, 0.717) is 11.5 Å². The van der Waals surface area contributed by atoms with Crippen LogP contribution < -0.4 is 0 Å². The first kappa shape index (κ1) is 17.9. The number of esters is 1. The molecule has 1 aromatic carbocycles. The van der Waals surface area contributed by atoms with Crippen LogP contribution in [0, 0.1) is 20.8 Å². The SMILES string of the molecule is CC(C)=C1C(=O)OC(=Nc2ccccc2C)C1=C(C)c1cc(C)oc1C. The van der Waals surface area contributed by atoms with Crippen LogP contribution in [0.2, 0.25) is 0 Å². The standard InChI is InChI=1S/C22H23NO3/c1-12(2)19-20(15(5)17-11-14(4)25-16(17)6)21(26-22(19)24)23-18-10-8-7-9-13(18)3/h7-11H,1-6H3. The maximum absolute atomic E-state index is 12.5. The number of cyclic esters (lactones) is 1. The first-order valence-electron chi connectivity index (χ1n) is 8.62. The van der Waals surface area contributed by atoms with Crippen molar-refractivity contribution in [3.8, 4) is 0 Å². The number of aliphatic imine (C=N–C) groups is 1. The van der Waals surface area contributed by atoms with Crippen LogP contribution in [0.1, 0.15) is 43.4 Å². The number of benzene rings is 1. The van der Waals surface area contributed by atoms with E-state index in [1.54, 1.807) is 0 Å². The number of carbonyl (C=O) groups is 1. The van der Waals surface area contributed by atoms with Gasteiger partial charge in [-0.15, -0.1) is 0 Å². The van der Waals surface area contributed by atoms with Crippen molar-refractivity contribution in [2.45, 2.75) is 41.5 Å². The average molecular weight is 349 g/mol. The van der Waals surface area contributed by atoms with Gasteiger partial charge >= 0.3 is 5.97 Å². The summed E-state index contributed by atoms with van der Waals surface area (Å²) in [6, 6.07) is 9.76. The molecule has 134 valence electrons. The molecule has 0 radical (unpaired) electrons. The molecule has 26 heavy (non-hydrogen) atoms. The van der Waals surface area contributed by atoms with Crippen LogP contribution in [0.3, 0.4) is 0 Å². The molecule has 0 unspecified atom stereocenters. The lowest BCUT2D eigenvalue weighted by Crippen LogP contribution is -2.01. The summed E-state index contributed by atoms with van der Waals surface area (Å²) in [7, 11) is 0. The molecule has 0 saturated carbocycles. The summed E-state index contributed by atoms with van der Waals surface area (Å²) in [5.74, 6) is 1.63. The van der Waals surface area contributed by atoms with E-state index in [0.717, 1.165) is 45.1 Å². The van der Waals surface area contributed by atoms with Crippen LogP contribution in [0.15, 0.2) is 56.5 Å². The predicted octanol–water partition coefficient (Wildman–Crippen LogP) is 5.60. The summed E-state index contributed by atoms with van der Waals surface area (Å²) in [6.07, 6.45) is 0. The van der Waals surface area contributed by atoms with Crippen molar-refractivity contribution in [2.24, 2.45) is 4.99 Å². The largest absolute Gasteiger partial charge is 0.466 e. The fourth-order valence-corrected chi connectivity index (χ4v) is 3.22. The van der Waals surface area contributed by atoms with Gasteiger partial charge in [-0.25, -0.2) is 9.79 Å².